The molecule has 244 valence electrons. The average Bonchev–Trinajstić information content (AvgIpc) is 3.52. The molecule has 1 N–H and O–H groups in total. The summed E-state index contributed by atoms with van der Waals surface area (Å²) >= 11 is 0. The fraction of sp³-hybridized carbons (Fsp3) is 0.525. The highest BCUT2D eigenvalue weighted by molar-refractivity contribution is 5.73. The Kier molecular flexibility index (Phi) is 12.9. The number of phenols is 1. The zero-order valence-corrected chi connectivity index (χ0v) is 28.0. The van der Waals surface area contributed by atoms with E-state index in [2.05, 4.69) is 75.4 Å². The Morgan fingerprint density at radius 2 is 1.38 bits per heavy atom. The summed E-state index contributed by atoms with van der Waals surface area (Å²) in [6.07, 6.45) is 8.18. The van der Waals surface area contributed by atoms with Crippen molar-refractivity contribution in [2.75, 3.05) is 6.61 Å². The van der Waals surface area contributed by atoms with E-state index in [1.54, 1.807) is 12.1 Å². The van der Waals surface area contributed by atoms with Crippen LogP contribution in [-0.4, -0.2) is 29.6 Å². The lowest BCUT2D eigenvalue weighted by molar-refractivity contribution is -0.165. The van der Waals surface area contributed by atoms with Crippen molar-refractivity contribution in [3.05, 3.63) is 95.6 Å². The molecule has 0 bridgehead atoms. The highest BCUT2D eigenvalue weighted by Gasteiger charge is 2.38. The van der Waals surface area contributed by atoms with Crippen LogP contribution in [0.3, 0.4) is 0 Å². The van der Waals surface area contributed by atoms with Gasteiger partial charge in [0.1, 0.15) is 17.1 Å². The number of ether oxygens (including phenoxy) is 3. The molecule has 0 aliphatic heterocycles. The van der Waals surface area contributed by atoms with Crippen molar-refractivity contribution in [1.82, 2.24) is 0 Å². The molecule has 3 aromatic rings. The largest absolute Gasteiger partial charge is 0.508 e. The Labute approximate surface area is 271 Å². The second-order valence-corrected chi connectivity index (χ2v) is 13.0. The van der Waals surface area contributed by atoms with Gasteiger partial charge in [-0.1, -0.05) is 75.4 Å². The van der Waals surface area contributed by atoms with Crippen molar-refractivity contribution >= 4 is 5.97 Å². The molecule has 0 aromatic heterocycles. The maximum atomic E-state index is 13.7. The van der Waals surface area contributed by atoms with E-state index >= 15 is 0 Å². The minimum atomic E-state index is -0.290. The second-order valence-electron chi connectivity index (χ2n) is 13.0. The number of hydrogen-bond donors (Lipinski definition) is 1. The number of benzene rings is 3. The van der Waals surface area contributed by atoms with Crippen LogP contribution in [0.4, 0.5) is 0 Å². The summed E-state index contributed by atoms with van der Waals surface area (Å²) < 4.78 is 17.7. The van der Waals surface area contributed by atoms with E-state index < -0.39 is 0 Å². The van der Waals surface area contributed by atoms with E-state index in [1.165, 1.54) is 16.7 Å². The highest BCUT2D eigenvalue weighted by Crippen LogP contribution is 2.42. The number of carbonyl (C=O) groups is 1. The molecule has 0 amide bonds. The van der Waals surface area contributed by atoms with E-state index in [-0.39, 0.29) is 47.3 Å². The third-order valence-electron chi connectivity index (χ3n) is 9.87. The molecule has 45 heavy (non-hydrogen) atoms. The molecule has 0 heterocycles. The van der Waals surface area contributed by atoms with Crippen molar-refractivity contribution in [1.29, 1.82) is 0 Å². The molecule has 5 atom stereocenters. The predicted molar refractivity (Wildman–Crippen MR) is 182 cm³/mol. The first-order valence-electron chi connectivity index (χ1n) is 17.2. The van der Waals surface area contributed by atoms with Crippen molar-refractivity contribution < 1.29 is 24.1 Å². The first-order valence-corrected chi connectivity index (χ1v) is 17.2. The highest BCUT2D eigenvalue weighted by atomic mass is 16.7. The third kappa shape index (κ3) is 9.84. The van der Waals surface area contributed by atoms with E-state index in [4.69, 9.17) is 14.2 Å². The lowest BCUT2D eigenvalue weighted by Crippen LogP contribution is -2.34. The lowest BCUT2D eigenvalue weighted by atomic mass is 9.76. The summed E-state index contributed by atoms with van der Waals surface area (Å²) in [5.74, 6) is 1.59. The summed E-state index contributed by atoms with van der Waals surface area (Å²) in [7, 11) is 0. The van der Waals surface area contributed by atoms with E-state index in [0.717, 1.165) is 63.5 Å². The van der Waals surface area contributed by atoms with Crippen molar-refractivity contribution in [3.63, 3.8) is 0 Å². The van der Waals surface area contributed by atoms with Crippen molar-refractivity contribution in [3.8, 4) is 11.5 Å². The van der Waals surface area contributed by atoms with Crippen LogP contribution in [0.15, 0.2) is 78.9 Å². The van der Waals surface area contributed by atoms with E-state index in [0.29, 0.717) is 6.61 Å². The van der Waals surface area contributed by atoms with Gasteiger partial charge in [0.2, 0.25) is 0 Å². The molecular formula is C40H54O5. The number of phenolic OH excluding ortho intramolecular Hbond substituents is 1. The van der Waals surface area contributed by atoms with Gasteiger partial charge in [-0.25, -0.2) is 0 Å². The summed E-state index contributed by atoms with van der Waals surface area (Å²) in [6.45, 7) is 11.0. The molecule has 1 saturated carbocycles. The monoisotopic (exact) mass is 614 g/mol. The number of carbonyl (C=O) groups excluding carboxylic acids is 1. The molecule has 5 unspecified atom stereocenters. The summed E-state index contributed by atoms with van der Waals surface area (Å²) in [5, 5.41) is 10.1. The van der Waals surface area contributed by atoms with Crippen LogP contribution in [0, 0.1) is 5.92 Å². The summed E-state index contributed by atoms with van der Waals surface area (Å²) in [4.78, 5) is 13.7. The zero-order valence-electron chi connectivity index (χ0n) is 28.0. The zero-order chi connectivity index (χ0) is 32.2. The van der Waals surface area contributed by atoms with Gasteiger partial charge in [-0.05, 0) is 130 Å². The van der Waals surface area contributed by atoms with Gasteiger partial charge in [0.05, 0.1) is 5.92 Å². The first kappa shape index (κ1) is 34.6. The Balaban J connectivity index is 1.56. The van der Waals surface area contributed by atoms with Gasteiger partial charge in [0, 0.05) is 6.61 Å². The smallest absolute Gasteiger partial charge is 0.309 e. The van der Waals surface area contributed by atoms with E-state index in [9.17, 15) is 9.90 Å². The van der Waals surface area contributed by atoms with E-state index in [1.807, 2.05) is 26.0 Å². The van der Waals surface area contributed by atoms with Crippen LogP contribution < -0.4 is 4.74 Å². The Hall–Kier alpha value is -3.31. The van der Waals surface area contributed by atoms with Gasteiger partial charge in [0.25, 0.3) is 0 Å². The molecule has 0 radical (unpaired) electrons. The predicted octanol–water partition coefficient (Wildman–Crippen LogP) is 10.3. The maximum Gasteiger partial charge on any atom is 0.309 e. The molecule has 0 spiro atoms. The number of hydrogen-bond acceptors (Lipinski definition) is 5. The molecule has 0 saturated heterocycles. The molecule has 5 heteroatoms. The van der Waals surface area contributed by atoms with Crippen molar-refractivity contribution in [2.45, 2.75) is 122 Å². The molecular weight excluding hydrogens is 560 g/mol. The molecule has 3 aromatic carbocycles. The molecule has 4 rings (SSSR count). The maximum absolute atomic E-state index is 13.7. The van der Waals surface area contributed by atoms with Crippen LogP contribution in [0.1, 0.15) is 127 Å². The second kappa shape index (κ2) is 16.8. The van der Waals surface area contributed by atoms with Crippen LogP contribution in [-0.2, 0) is 14.3 Å². The van der Waals surface area contributed by atoms with Crippen LogP contribution in [0.25, 0.3) is 0 Å². The molecule has 1 aliphatic rings. The van der Waals surface area contributed by atoms with Crippen LogP contribution >= 0.6 is 0 Å². The van der Waals surface area contributed by atoms with Gasteiger partial charge in [0.15, 0.2) is 6.29 Å². The summed E-state index contributed by atoms with van der Waals surface area (Å²) in [6, 6.07) is 26.7. The van der Waals surface area contributed by atoms with Crippen molar-refractivity contribution in [2.24, 2.45) is 5.92 Å². The average molecular weight is 615 g/mol. The first-order chi connectivity index (χ1) is 21.8. The minimum Gasteiger partial charge on any atom is -0.508 e. The van der Waals surface area contributed by atoms with Gasteiger partial charge >= 0.3 is 5.97 Å². The fourth-order valence-electron chi connectivity index (χ4n) is 7.07. The van der Waals surface area contributed by atoms with Gasteiger partial charge in [-0.3, -0.25) is 4.79 Å². The Morgan fingerprint density at radius 3 is 1.98 bits per heavy atom. The Morgan fingerprint density at radius 1 is 0.778 bits per heavy atom. The molecule has 1 aliphatic carbocycles. The van der Waals surface area contributed by atoms with Gasteiger partial charge in [-0.15, -0.1) is 0 Å². The van der Waals surface area contributed by atoms with Gasteiger partial charge in [-0.2, -0.15) is 0 Å². The quantitative estimate of drug-likeness (QED) is 0.121. The molecule has 5 nitrogen and oxygen atoms in total. The minimum absolute atomic E-state index is 0.0299. The Bertz CT molecular complexity index is 1280. The standard InChI is InChI=1S/C40H54O5/c1-6-31(39(42)45-40(7-2)24-12-13-25-40)27-36(33-14-10-9-11-15-33)28-35(34-16-20-37(41)21-17-34)26-29(4)32-18-22-38(23-19-32)44-30(5)43-8-3/h9-11,14-23,29-31,35-36,41H,6-8,12-13,24-28H2,1-5H3. The van der Waals surface area contributed by atoms with Crippen LogP contribution in [0.2, 0.25) is 0 Å². The normalized spacial score (nSPS) is 17.6. The number of rotatable bonds is 17. The summed E-state index contributed by atoms with van der Waals surface area (Å²) in [5.41, 5.74) is 3.44. The third-order valence-corrected chi connectivity index (χ3v) is 9.87. The number of aromatic hydroxyl groups is 1. The number of esters is 1. The molecule has 1 fully saturated rings. The lowest BCUT2D eigenvalue weighted by Gasteiger charge is -2.32. The van der Waals surface area contributed by atoms with Gasteiger partial charge < -0.3 is 19.3 Å². The fourth-order valence-corrected chi connectivity index (χ4v) is 7.07. The topological polar surface area (TPSA) is 65.0 Å². The van der Waals surface area contributed by atoms with Crippen LogP contribution in [0.5, 0.6) is 11.5 Å². The SMILES string of the molecule is CCOC(C)Oc1ccc(C(C)CC(CC(CC(CC)C(=O)OC2(CC)CCCC2)c2ccccc2)c2ccc(O)cc2)cc1.